The molecule has 1 aromatic heterocycles. The molecule has 0 N–H and O–H groups in total. The van der Waals surface area contributed by atoms with E-state index in [-0.39, 0.29) is 0 Å². The molecule has 4 heteroatoms. The molecular formula is C7H11N2S2. The van der Waals surface area contributed by atoms with Gasteiger partial charge in [0.05, 0.1) is 0 Å². The predicted octanol–water partition coefficient (Wildman–Crippen LogP) is 2.55. The predicted molar refractivity (Wildman–Crippen MR) is 50.0 cm³/mol. The lowest BCUT2D eigenvalue weighted by atomic mass is 10.4. The first kappa shape index (κ1) is 9.00. The Morgan fingerprint density at radius 1 is 1.55 bits per heavy atom. The highest BCUT2D eigenvalue weighted by Crippen LogP contribution is 2.22. The minimum atomic E-state index is 1.00. The van der Waals surface area contributed by atoms with E-state index in [1.165, 1.54) is 0 Å². The van der Waals surface area contributed by atoms with Gasteiger partial charge in [0, 0.05) is 5.75 Å². The third-order valence-electron chi connectivity index (χ3n) is 1.13. The van der Waals surface area contributed by atoms with E-state index in [1.54, 1.807) is 23.1 Å². The van der Waals surface area contributed by atoms with E-state index in [9.17, 15) is 0 Å². The van der Waals surface area contributed by atoms with Gasteiger partial charge in [-0.2, -0.15) is 0 Å². The van der Waals surface area contributed by atoms with Gasteiger partial charge in [-0.05, 0) is 13.3 Å². The molecule has 0 spiro atoms. The van der Waals surface area contributed by atoms with Gasteiger partial charge in [-0.15, -0.1) is 10.2 Å². The molecular weight excluding hydrogens is 176 g/mol. The summed E-state index contributed by atoms with van der Waals surface area (Å²) >= 11 is 3.43. The van der Waals surface area contributed by atoms with Crippen LogP contribution in [0.25, 0.3) is 0 Å². The van der Waals surface area contributed by atoms with Crippen molar-refractivity contribution in [1.29, 1.82) is 0 Å². The molecule has 0 atom stereocenters. The topological polar surface area (TPSA) is 25.8 Å². The molecule has 0 saturated heterocycles. The fraction of sp³-hybridized carbons (Fsp3) is 0.571. The molecule has 0 aliphatic carbocycles. The summed E-state index contributed by atoms with van der Waals surface area (Å²) in [5.41, 5.74) is 0. The lowest BCUT2D eigenvalue weighted by Crippen LogP contribution is -1.77. The summed E-state index contributed by atoms with van der Waals surface area (Å²) in [5.74, 6) is 1.11. The standard InChI is InChI=1S/C7H11N2S2/c1-3-4-5-10-7-9-8-6(2)11-7/h1,3-5H2,2H3. The Morgan fingerprint density at radius 2 is 2.36 bits per heavy atom. The molecule has 2 nitrogen and oxygen atoms in total. The van der Waals surface area contributed by atoms with Gasteiger partial charge < -0.3 is 0 Å². The molecule has 0 aromatic carbocycles. The average Bonchev–Trinajstić information content (AvgIpc) is 2.37. The summed E-state index contributed by atoms with van der Waals surface area (Å²) in [5, 5.41) is 8.97. The number of rotatable bonds is 4. The van der Waals surface area contributed by atoms with Crippen LogP contribution < -0.4 is 0 Å². The van der Waals surface area contributed by atoms with Crippen molar-refractivity contribution >= 4 is 23.1 Å². The molecule has 0 aliphatic rings. The quantitative estimate of drug-likeness (QED) is 0.535. The van der Waals surface area contributed by atoms with Crippen LogP contribution in [0.15, 0.2) is 4.34 Å². The van der Waals surface area contributed by atoms with Crippen molar-refractivity contribution in [3.63, 3.8) is 0 Å². The zero-order valence-corrected chi connectivity index (χ0v) is 8.17. The second-order valence-corrected chi connectivity index (χ2v) is 4.67. The van der Waals surface area contributed by atoms with Crippen LogP contribution in [0, 0.1) is 13.8 Å². The van der Waals surface area contributed by atoms with Gasteiger partial charge in [-0.1, -0.05) is 36.4 Å². The molecule has 1 heterocycles. The molecule has 11 heavy (non-hydrogen) atoms. The zero-order valence-electron chi connectivity index (χ0n) is 6.54. The van der Waals surface area contributed by atoms with Crippen LogP contribution in [0.3, 0.4) is 0 Å². The summed E-state index contributed by atoms with van der Waals surface area (Å²) in [4.78, 5) is 0. The first-order valence-electron chi connectivity index (χ1n) is 3.55. The Bertz CT molecular complexity index is 210. The Labute approximate surface area is 75.4 Å². The van der Waals surface area contributed by atoms with Gasteiger partial charge in [0.1, 0.15) is 5.01 Å². The molecule has 0 aliphatic heterocycles. The number of unbranched alkanes of at least 4 members (excludes halogenated alkanes) is 1. The normalized spacial score (nSPS) is 10.4. The van der Waals surface area contributed by atoms with Gasteiger partial charge in [0.2, 0.25) is 0 Å². The summed E-state index contributed by atoms with van der Waals surface area (Å²) in [7, 11) is 0. The molecule has 61 valence electrons. The number of hydrogen-bond donors (Lipinski definition) is 0. The zero-order chi connectivity index (χ0) is 8.10. The van der Waals surface area contributed by atoms with Crippen molar-refractivity contribution in [3.8, 4) is 0 Å². The Balaban J connectivity index is 2.27. The van der Waals surface area contributed by atoms with Crippen molar-refractivity contribution < 1.29 is 0 Å². The van der Waals surface area contributed by atoms with Crippen molar-refractivity contribution in [3.05, 3.63) is 11.9 Å². The summed E-state index contributed by atoms with van der Waals surface area (Å²) in [6, 6.07) is 0. The van der Waals surface area contributed by atoms with Crippen molar-refractivity contribution in [2.45, 2.75) is 24.1 Å². The van der Waals surface area contributed by atoms with E-state index >= 15 is 0 Å². The monoisotopic (exact) mass is 187 g/mol. The number of thioether (sulfide) groups is 1. The molecule has 0 bridgehead atoms. The molecule has 0 unspecified atom stereocenters. The third-order valence-corrected chi connectivity index (χ3v) is 3.19. The maximum absolute atomic E-state index is 4.00. The Kier molecular flexibility index (Phi) is 3.86. The van der Waals surface area contributed by atoms with E-state index in [0.717, 1.165) is 27.9 Å². The van der Waals surface area contributed by atoms with Gasteiger partial charge in [0.15, 0.2) is 4.34 Å². The molecule has 1 rings (SSSR count). The highest BCUT2D eigenvalue weighted by molar-refractivity contribution is 8.01. The second-order valence-electron chi connectivity index (χ2n) is 2.14. The first-order chi connectivity index (χ1) is 5.33. The van der Waals surface area contributed by atoms with Crippen LogP contribution in [0.5, 0.6) is 0 Å². The van der Waals surface area contributed by atoms with Crippen LogP contribution >= 0.6 is 23.1 Å². The lowest BCUT2D eigenvalue weighted by molar-refractivity contribution is 0.956. The fourth-order valence-corrected chi connectivity index (χ4v) is 2.48. The van der Waals surface area contributed by atoms with Crippen molar-refractivity contribution in [2.24, 2.45) is 0 Å². The maximum Gasteiger partial charge on any atom is 0.174 e. The van der Waals surface area contributed by atoms with Gasteiger partial charge in [-0.25, -0.2) is 0 Å². The maximum atomic E-state index is 4.00. The van der Waals surface area contributed by atoms with Crippen LogP contribution in [0.2, 0.25) is 0 Å². The molecule has 0 saturated carbocycles. The first-order valence-corrected chi connectivity index (χ1v) is 5.35. The summed E-state index contributed by atoms with van der Waals surface area (Å²) in [6.07, 6.45) is 2.16. The number of hydrogen-bond acceptors (Lipinski definition) is 4. The van der Waals surface area contributed by atoms with E-state index in [4.69, 9.17) is 0 Å². The Hall–Kier alpha value is -0.0900. The van der Waals surface area contributed by atoms with E-state index < -0.39 is 0 Å². The molecule has 0 fully saturated rings. The molecule has 0 amide bonds. The highest BCUT2D eigenvalue weighted by atomic mass is 32.2. The summed E-state index contributed by atoms with van der Waals surface area (Å²) in [6.45, 7) is 5.75. The Morgan fingerprint density at radius 3 is 2.91 bits per heavy atom. The van der Waals surface area contributed by atoms with E-state index in [0.29, 0.717) is 0 Å². The van der Waals surface area contributed by atoms with E-state index in [2.05, 4.69) is 17.1 Å². The van der Waals surface area contributed by atoms with Crippen LogP contribution in [0.1, 0.15) is 17.8 Å². The molecule has 1 aromatic rings. The minimum absolute atomic E-state index is 1.00. The largest absolute Gasteiger partial charge is 0.174 e. The number of aromatic nitrogens is 2. The SMILES string of the molecule is [CH2]CCCSc1nnc(C)s1. The highest BCUT2D eigenvalue weighted by Gasteiger charge is 1.98. The van der Waals surface area contributed by atoms with E-state index in [1.807, 2.05) is 6.92 Å². The van der Waals surface area contributed by atoms with Crippen LogP contribution in [0.4, 0.5) is 0 Å². The lowest BCUT2D eigenvalue weighted by Gasteiger charge is -1.91. The number of nitrogens with zero attached hydrogens (tertiary/aromatic N) is 2. The smallest absolute Gasteiger partial charge is 0.143 e. The van der Waals surface area contributed by atoms with Crippen molar-refractivity contribution in [2.75, 3.05) is 5.75 Å². The average molecular weight is 187 g/mol. The minimum Gasteiger partial charge on any atom is -0.143 e. The van der Waals surface area contributed by atoms with Gasteiger partial charge >= 0.3 is 0 Å². The number of aryl methyl sites for hydroxylation is 1. The third kappa shape index (κ3) is 3.20. The molecule has 1 radical (unpaired) electrons. The van der Waals surface area contributed by atoms with Crippen LogP contribution in [-0.2, 0) is 0 Å². The fourth-order valence-electron chi connectivity index (χ4n) is 0.598. The van der Waals surface area contributed by atoms with Crippen molar-refractivity contribution in [1.82, 2.24) is 10.2 Å². The second kappa shape index (κ2) is 4.72. The van der Waals surface area contributed by atoms with Gasteiger partial charge in [0.25, 0.3) is 0 Å². The summed E-state index contributed by atoms with van der Waals surface area (Å²) < 4.78 is 1.08. The van der Waals surface area contributed by atoms with Gasteiger partial charge in [-0.3, -0.25) is 0 Å². The van der Waals surface area contributed by atoms with Crippen LogP contribution in [-0.4, -0.2) is 16.0 Å².